The summed E-state index contributed by atoms with van der Waals surface area (Å²) in [7, 11) is 1.94. The van der Waals surface area contributed by atoms with Gasteiger partial charge in [0.05, 0.1) is 12.3 Å². The summed E-state index contributed by atoms with van der Waals surface area (Å²) < 4.78 is 5.68. The molecule has 0 aromatic carbocycles. The molecule has 0 saturated heterocycles. The molecule has 0 bridgehead atoms. The highest BCUT2D eigenvalue weighted by molar-refractivity contribution is 5.23. The van der Waals surface area contributed by atoms with Crippen LogP contribution in [0.15, 0.2) is 30.2 Å². The number of aromatic nitrogens is 1. The second-order valence-corrected chi connectivity index (χ2v) is 4.08. The summed E-state index contributed by atoms with van der Waals surface area (Å²) in [6.07, 6.45) is 6.22. The van der Waals surface area contributed by atoms with Crippen LogP contribution in [0.3, 0.4) is 0 Å². The van der Waals surface area contributed by atoms with Crippen LogP contribution in [-0.4, -0.2) is 18.6 Å². The first kappa shape index (κ1) is 11.1. The molecule has 1 aliphatic heterocycles. The van der Waals surface area contributed by atoms with Gasteiger partial charge in [-0.05, 0) is 50.6 Å². The normalized spacial score (nSPS) is 17.5. The standard InChI is InChI=1S/C13H18N2O/c1-10-6-7-15-11(9-10)13(14-2)12-5-3-4-8-16-12/h5-7,9,13-14H,3-4,8H2,1-2H3. The maximum Gasteiger partial charge on any atom is 0.115 e. The molecule has 86 valence electrons. The van der Waals surface area contributed by atoms with Crippen LogP contribution in [0.1, 0.15) is 30.1 Å². The van der Waals surface area contributed by atoms with E-state index in [0.717, 1.165) is 30.9 Å². The smallest absolute Gasteiger partial charge is 0.115 e. The molecule has 2 rings (SSSR count). The summed E-state index contributed by atoms with van der Waals surface area (Å²) in [4.78, 5) is 4.40. The molecule has 1 atom stereocenters. The minimum atomic E-state index is 0.0835. The molecular formula is C13H18N2O. The second kappa shape index (κ2) is 5.12. The lowest BCUT2D eigenvalue weighted by Gasteiger charge is -2.23. The molecular weight excluding hydrogens is 200 g/mol. The van der Waals surface area contributed by atoms with Crippen LogP contribution in [0.5, 0.6) is 0 Å². The van der Waals surface area contributed by atoms with Gasteiger partial charge in [-0.25, -0.2) is 0 Å². The van der Waals surface area contributed by atoms with Crippen LogP contribution in [0.2, 0.25) is 0 Å². The quantitative estimate of drug-likeness (QED) is 0.845. The van der Waals surface area contributed by atoms with Crippen molar-refractivity contribution in [1.29, 1.82) is 0 Å². The molecule has 0 saturated carbocycles. The highest BCUT2D eigenvalue weighted by atomic mass is 16.5. The Bertz CT molecular complexity index is 387. The average molecular weight is 218 g/mol. The van der Waals surface area contributed by atoms with Gasteiger partial charge in [0, 0.05) is 6.20 Å². The van der Waals surface area contributed by atoms with E-state index in [1.807, 2.05) is 19.3 Å². The topological polar surface area (TPSA) is 34.1 Å². The fourth-order valence-electron chi connectivity index (χ4n) is 1.93. The van der Waals surface area contributed by atoms with E-state index in [9.17, 15) is 0 Å². The molecule has 1 aliphatic rings. The minimum absolute atomic E-state index is 0.0835. The van der Waals surface area contributed by atoms with Crippen LogP contribution >= 0.6 is 0 Å². The lowest BCUT2D eigenvalue weighted by atomic mass is 10.1. The third kappa shape index (κ3) is 2.42. The minimum Gasteiger partial charge on any atom is -0.496 e. The number of nitrogens with zero attached hydrogens (tertiary/aromatic N) is 1. The van der Waals surface area contributed by atoms with Crippen molar-refractivity contribution in [2.45, 2.75) is 25.8 Å². The Morgan fingerprint density at radius 2 is 2.38 bits per heavy atom. The third-order valence-corrected chi connectivity index (χ3v) is 2.77. The van der Waals surface area contributed by atoms with E-state index in [2.05, 4.69) is 29.4 Å². The highest BCUT2D eigenvalue weighted by Gasteiger charge is 2.19. The molecule has 1 N–H and O–H groups in total. The molecule has 16 heavy (non-hydrogen) atoms. The van der Waals surface area contributed by atoms with Gasteiger partial charge < -0.3 is 10.1 Å². The van der Waals surface area contributed by atoms with Gasteiger partial charge in [-0.2, -0.15) is 0 Å². The zero-order valence-corrected chi connectivity index (χ0v) is 9.86. The van der Waals surface area contributed by atoms with E-state index in [0.29, 0.717) is 0 Å². The first-order chi connectivity index (χ1) is 7.81. The Hall–Kier alpha value is -1.35. The molecule has 3 nitrogen and oxygen atoms in total. The molecule has 0 amide bonds. The van der Waals surface area contributed by atoms with Gasteiger partial charge in [0.1, 0.15) is 11.8 Å². The summed E-state index contributed by atoms with van der Waals surface area (Å²) in [6.45, 7) is 2.89. The number of rotatable bonds is 3. The van der Waals surface area contributed by atoms with Gasteiger partial charge in [-0.3, -0.25) is 4.98 Å². The SMILES string of the molecule is CNC(C1=CCCCO1)c1cc(C)ccn1. The van der Waals surface area contributed by atoms with Crippen LogP contribution in [0.25, 0.3) is 0 Å². The molecule has 0 fully saturated rings. The summed E-state index contributed by atoms with van der Waals surface area (Å²) in [5, 5.41) is 3.26. The summed E-state index contributed by atoms with van der Waals surface area (Å²) >= 11 is 0. The maximum atomic E-state index is 5.68. The largest absolute Gasteiger partial charge is 0.496 e. The van der Waals surface area contributed by atoms with Gasteiger partial charge in [-0.15, -0.1) is 0 Å². The predicted octanol–water partition coefficient (Wildman–Crippen LogP) is 2.34. The van der Waals surface area contributed by atoms with E-state index in [1.54, 1.807) is 0 Å². The molecule has 0 aliphatic carbocycles. The number of pyridine rings is 1. The first-order valence-corrected chi connectivity index (χ1v) is 5.74. The number of ether oxygens (including phenoxy) is 1. The van der Waals surface area contributed by atoms with E-state index >= 15 is 0 Å². The molecule has 1 aromatic heterocycles. The van der Waals surface area contributed by atoms with Crippen molar-refractivity contribution in [2.75, 3.05) is 13.7 Å². The molecule has 0 spiro atoms. The molecule has 0 radical (unpaired) electrons. The van der Waals surface area contributed by atoms with E-state index in [-0.39, 0.29) is 6.04 Å². The Balaban J connectivity index is 2.25. The molecule has 1 aromatic rings. The Morgan fingerprint density at radius 3 is 3.00 bits per heavy atom. The lowest BCUT2D eigenvalue weighted by molar-refractivity contribution is 0.169. The zero-order chi connectivity index (χ0) is 11.4. The van der Waals surface area contributed by atoms with E-state index in [4.69, 9.17) is 4.74 Å². The fourth-order valence-corrected chi connectivity index (χ4v) is 1.93. The van der Waals surface area contributed by atoms with Crippen molar-refractivity contribution in [1.82, 2.24) is 10.3 Å². The van der Waals surface area contributed by atoms with Crippen molar-refractivity contribution < 1.29 is 4.74 Å². The van der Waals surface area contributed by atoms with Crippen LogP contribution in [-0.2, 0) is 4.74 Å². The van der Waals surface area contributed by atoms with Gasteiger partial charge in [0.25, 0.3) is 0 Å². The highest BCUT2D eigenvalue weighted by Crippen LogP contribution is 2.24. The van der Waals surface area contributed by atoms with Gasteiger partial charge in [-0.1, -0.05) is 0 Å². The molecule has 3 heteroatoms. The van der Waals surface area contributed by atoms with Crippen molar-refractivity contribution in [3.63, 3.8) is 0 Å². The number of hydrogen-bond acceptors (Lipinski definition) is 3. The molecule has 1 unspecified atom stereocenters. The number of nitrogens with one attached hydrogen (secondary N) is 1. The number of likely N-dealkylation sites (N-methyl/N-ethyl adjacent to an activating group) is 1. The van der Waals surface area contributed by atoms with Crippen molar-refractivity contribution in [3.05, 3.63) is 41.4 Å². The number of allylic oxidation sites excluding steroid dienone is 1. The summed E-state index contributed by atoms with van der Waals surface area (Å²) in [6, 6.07) is 4.19. The summed E-state index contributed by atoms with van der Waals surface area (Å²) in [5.74, 6) is 1.01. The first-order valence-electron chi connectivity index (χ1n) is 5.74. The summed E-state index contributed by atoms with van der Waals surface area (Å²) in [5.41, 5.74) is 2.25. The zero-order valence-electron chi connectivity index (χ0n) is 9.86. The van der Waals surface area contributed by atoms with E-state index < -0.39 is 0 Å². The van der Waals surface area contributed by atoms with Crippen molar-refractivity contribution in [2.24, 2.45) is 0 Å². The molecule has 2 heterocycles. The van der Waals surface area contributed by atoms with Crippen LogP contribution in [0, 0.1) is 6.92 Å². The Labute approximate surface area is 96.5 Å². The van der Waals surface area contributed by atoms with Crippen LogP contribution in [0.4, 0.5) is 0 Å². The third-order valence-electron chi connectivity index (χ3n) is 2.77. The number of aryl methyl sites for hydroxylation is 1. The fraction of sp³-hybridized carbons (Fsp3) is 0.462. The monoisotopic (exact) mass is 218 g/mol. The maximum absolute atomic E-state index is 5.68. The van der Waals surface area contributed by atoms with Gasteiger partial charge >= 0.3 is 0 Å². The van der Waals surface area contributed by atoms with Crippen molar-refractivity contribution >= 4 is 0 Å². The second-order valence-electron chi connectivity index (χ2n) is 4.08. The van der Waals surface area contributed by atoms with Gasteiger partial charge in [0.2, 0.25) is 0 Å². The van der Waals surface area contributed by atoms with Crippen LogP contribution < -0.4 is 5.32 Å². The average Bonchev–Trinajstić information content (AvgIpc) is 2.31. The van der Waals surface area contributed by atoms with Gasteiger partial charge in [0.15, 0.2) is 0 Å². The van der Waals surface area contributed by atoms with E-state index in [1.165, 1.54) is 5.56 Å². The van der Waals surface area contributed by atoms with Crippen molar-refractivity contribution in [3.8, 4) is 0 Å². The number of hydrogen-bond donors (Lipinski definition) is 1. The Morgan fingerprint density at radius 1 is 1.50 bits per heavy atom. The lowest BCUT2D eigenvalue weighted by Crippen LogP contribution is -2.23. The predicted molar refractivity (Wildman–Crippen MR) is 64.0 cm³/mol. The Kier molecular flexibility index (Phi) is 3.57.